The average Bonchev–Trinajstić information content (AvgIpc) is 2.86. The monoisotopic (exact) mass is 504 g/mol. The van der Waals surface area contributed by atoms with E-state index in [1.54, 1.807) is 0 Å². The van der Waals surface area contributed by atoms with Gasteiger partial charge in [-0.2, -0.15) is 0 Å². The molecule has 0 radical (unpaired) electrons. The first kappa shape index (κ1) is 36.5. The summed E-state index contributed by atoms with van der Waals surface area (Å²) >= 11 is 0. The van der Waals surface area contributed by atoms with Crippen molar-refractivity contribution < 1.29 is 30.0 Å². The predicted octanol–water partition coefficient (Wildman–Crippen LogP) is 6.88. The molecule has 0 spiro atoms. The van der Waals surface area contributed by atoms with Crippen molar-refractivity contribution in [1.29, 1.82) is 0 Å². The van der Waals surface area contributed by atoms with Crippen LogP contribution in [0.2, 0.25) is 0 Å². The summed E-state index contributed by atoms with van der Waals surface area (Å²) in [6.07, 6.45) is 23.0. The number of rotatable bonds is 25. The van der Waals surface area contributed by atoms with Crippen LogP contribution in [0.15, 0.2) is 0 Å². The van der Waals surface area contributed by atoms with Crippen LogP contribution in [0.25, 0.3) is 0 Å². The van der Waals surface area contributed by atoms with Crippen LogP contribution in [0.5, 0.6) is 0 Å². The fourth-order valence-electron chi connectivity index (χ4n) is 3.84. The Morgan fingerprint density at radius 1 is 0.657 bits per heavy atom. The van der Waals surface area contributed by atoms with Crippen LogP contribution in [0.3, 0.4) is 0 Å². The molecule has 0 aliphatic carbocycles. The van der Waals surface area contributed by atoms with Crippen molar-refractivity contribution in [3.05, 3.63) is 0 Å². The number of aliphatic hydroxyl groups excluding tert-OH is 3. The van der Waals surface area contributed by atoms with Gasteiger partial charge in [-0.3, -0.25) is 4.79 Å². The standard InChI is InChI=1S/C15H32O4.C14H28O2/c1-3-4-5-6-7-8-9-14(2)19-13-15(10-16,11-17)12-18;1-2-3-4-5-6-7-8-9-10-11-12-13-14(15)16/h14,16-18H,3-13H2,1-2H3;2-13H2,1H3,(H,15,16). The van der Waals surface area contributed by atoms with Crippen molar-refractivity contribution in [2.45, 2.75) is 149 Å². The van der Waals surface area contributed by atoms with E-state index in [1.165, 1.54) is 89.9 Å². The quantitative estimate of drug-likeness (QED) is 0.101. The zero-order valence-electron chi connectivity index (χ0n) is 23.4. The highest BCUT2D eigenvalue weighted by Gasteiger charge is 2.29. The minimum atomic E-state index is -0.907. The molecule has 1 atom stereocenters. The number of ether oxygens (including phenoxy) is 1. The third-order valence-electron chi connectivity index (χ3n) is 6.64. The molecule has 0 saturated heterocycles. The van der Waals surface area contributed by atoms with Crippen molar-refractivity contribution in [2.75, 3.05) is 26.4 Å². The highest BCUT2D eigenvalue weighted by molar-refractivity contribution is 5.66. The predicted molar refractivity (Wildman–Crippen MR) is 146 cm³/mol. The van der Waals surface area contributed by atoms with Gasteiger partial charge in [-0.05, 0) is 19.8 Å². The zero-order valence-corrected chi connectivity index (χ0v) is 23.4. The smallest absolute Gasteiger partial charge is 0.303 e. The van der Waals surface area contributed by atoms with Gasteiger partial charge < -0.3 is 25.2 Å². The van der Waals surface area contributed by atoms with E-state index in [-0.39, 0.29) is 32.5 Å². The summed E-state index contributed by atoms with van der Waals surface area (Å²) in [5.74, 6) is -0.657. The summed E-state index contributed by atoms with van der Waals surface area (Å²) in [7, 11) is 0. The molecule has 0 rings (SSSR count). The van der Waals surface area contributed by atoms with Crippen molar-refractivity contribution in [3.63, 3.8) is 0 Å². The molecule has 0 aliphatic heterocycles. The summed E-state index contributed by atoms with van der Waals surface area (Å²) < 4.78 is 5.63. The van der Waals surface area contributed by atoms with Gasteiger partial charge in [0.1, 0.15) is 0 Å². The summed E-state index contributed by atoms with van der Waals surface area (Å²) in [4.78, 5) is 10.3. The number of unbranched alkanes of at least 4 members (excludes halogenated alkanes) is 15. The Labute approximate surface area is 216 Å². The van der Waals surface area contributed by atoms with Crippen LogP contribution < -0.4 is 0 Å². The molecule has 6 heteroatoms. The van der Waals surface area contributed by atoms with Gasteiger partial charge >= 0.3 is 5.97 Å². The fourth-order valence-corrected chi connectivity index (χ4v) is 3.84. The van der Waals surface area contributed by atoms with E-state index in [9.17, 15) is 20.1 Å². The first-order valence-corrected chi connectivity index (χ1v) is 14.6. The first-order chi connectivity index (χ1) is 16.9. The highest BCUT2D eigenvalue weighted by atomic mass is 16.5. The van der Waals surface area contributed by atoms with Crippen molar-refractivity contribution >= 4 is 5.97 Å². The highest BCUT2D eigenvalue weighted by Crippen LogP contribution is 2.18. The third kappa shape index (κ3) is 26.2. The molecule has 0 aromatic rings. The number of hydrogen-bond acceptors (Lipinski definition) is 5. The van der Waals surface area contributed by atoms with E-state index >= 15 is 0 Å². The summed E-state index contributed by atoms with van der Waals surface area (Å²) in [6, 6.07) is 0. The van der Waals surface area contributed by atoms with Gasteiger partial charge in [0.25, 0.3) is 0 Å². The minimum absolute atomic E-state index is 0.107. The van der Waals surface area contributed by atoms with Crippen LogP contribution in [0.4, 0.5) is 0 Å². The largest absolute Gasteiger partial charge is 0.481 e. The molecule has 0 amide bonds. The van der Waals surface area contributed by atoms with Crippen LogP contribution in [-0.2, 0) is 9.53 Å². The van der Waals surface area contributed by atoms with Gasteiger partial charge in [0.05, 0.1) is 37.9 Å². The number of carboxylic acids is 1. The maximum atomic E-state index is 10.3. The Kier molecular flexibility index (Phi) is 29.1. The summed E-state index contributed by atoms with van der Waals surface area (Å²) in [6.45, 7) is 5.89. The maximum Gasteiger partial charge on any atom is 0.303 e. The lowest BCUT2D eigenvalue weighted by molar-refractivity contribution is -0.137. The average molecular weight is 505 g/mol. The van der Waals surface area contributed by atoms with Gasteiger partial charge in [0, 0.05) is 6.42 Å². The molecule has 0 aromatic heterocycles. The normalized spacial score (nSPS) is 12.3. The van der Waals surface area contributed by atoms with Gasteiger partial charge in [0.2, 0.25) is 0 Å². The van der Waals surface area contributed by atoms with Gasteiger partial charge in [-0.1, -0.05) is 117 Å². The second-order valence-electron chi connectivity index (χ2n) is 10.3. The Bertz CT molecular complexity index is 417. The van der Waals surface area contributed by atoms with Crippen LogP contribution in [-0.4, -0.2) is 58.9 Å². The van der Waals surface area contributed by atoms with E-state index in [2.05, 4.69) is 13.8 Å². The first-order valence-electron chi connectivity index (χ1n) is 14.6. The molecule has 0 aliphatic rings. The molecular weight excluding hydrogens is 444 g/mol. The number of carbonyl (C=O) groups is 1. The van der Waals surface area contributed by atoms with Gasteiger partial charge in [-0.25, -0.2) is 0 Å². The molecule has 1 unspecified atom stereocenters. The van der Waals surface area contributed by atoms with Crippen molar-refractivity contribution in [2.24, 2.45) is 5.41 Å². The number of hydrogen-bond donors (Lipinski definition) is 4. The molecule has 0 bridgehead atoms. The molecular formula is C29H60O6. The van der Waals surface area contributed by atoms with E-state index in [4.69, 9.17) is 9.84 Å². The Hall–Kier alpha value is -0.690. The molecule has 6 nitrogen and oxygen atoms in total. The minimum Gasteiger partial charge on any atom is -0.481 e. The van der Waals surface area contributed by atoms with Crippen LogP contribution >= 0.6 is 0 Å². The van der Waals surface area contributed by atoms with E-state index in [0.29, 0.717) is 6.42 Å². The number of aliphatic hydroxyl groups is 3. The van der Waals surface area contributed by atoms with Gasteiger partial charge in [0.15, 0.2) is 0 Å². The Morgan fingerprint density at radius 2 is 1.03 bits per heavy atom. The van der Waals surface area contributed by atoms with Crippen LogP contribution in [0.1, 0.15) is 143 Å². The maximum absolute atomic E-state index is 10.3. The van der Waals surface area contributed by atoms with Crippen LogP contribution in [0, 0.1) is 5.41 Å². The molecule has 212 valence electrons. The Balaban J connectivity index is 0. The molecule has 0 heterocycles. The second-order valence-corrected chi connectivity index (χ2v) is 10.3. The molecule has 0 fully saturated rings. The fraction of sp³-hybridized carbons (Fsp3) is 0.966. The Morgan fingerprint density at radius 3 is 1.40 bits per heavy atom. The summed E-state index contributed by atoms with van der Waals surface area (Å²) in [5.41, 5.74) is -0.907. The lowest BCUT2D eigenvalue weighted by atomic mass is 9.92. The number of aliphatic carboxylic acids is 1. The molecule has 35 heavy (non-hydrogen) atoms. The third-order valence-corrected chi connectivity index (χ3v) is 6.64. The van der Waals surface area contributed by atoms with Crippen molar-refractivity contribution in [3.8, 4) is 0 Å². The SMILES string of the molecule is CCCCCCCCC(C)OCC(CO)(CO)CO.CCCCCCCCCCCCCC(=O)O. The van der Waals surface area contributed by atoms with E-state index in [0.717, 1.165) is 25.7 Å². The van der Waals surface area contributed by atoms with E-state index in [1.807, 2.05) is 6.92 Å². The van der Waals surface area contributed by atoms with Gasteiger partial charge in [-0.15, -0.1) is 0 Å². The topological polar surface area (TPSA) is 107 Å². The lowest BCUT2D eigenvalue weighted by Crippen LogP contribution is -2.39. The molecule has 0 aromatic carbocycles. The number of carboxylic acid groups (broad SMARTS) is 1. The molecule has 0 saturated carbocycles. The second kappa shape index (κ2) is 27.9. The summed E-state index contributed by atoms with van der Waals surface area (Å²) in [5, 5.41) is 36.0. The zero-order chi connectivity index (χ0) is 26.6. The van der Waals surface area contributed by atoms with Crippen molar-refractivity contribution in [1.82, 2.24) is 0 Å². The molecule has 4 N–H and O–H groups in total. The lowest BCUT2D eigenvalue weighted by Gasteiger charge is -2.28. The van der Waals surface area contributed by atoms with E-state index < -0.39 is 11.4 Å².